The van der Waals surface area contributed by atoms with Gasteiger partial charge in [0, 0.05) is 5.69 Å². The first-order valence-corrected chi connectivity index (χ1v) is 9.24. The Labute approximate surface area is 159 Å². The van der Waals surface area contributed by atoms with Gasteiger partial charge in [0.15, 0.2) is 6.10 Å². The predicted molar refractivity (Wildman–Crippen MR) is 97.7 cm³/mol. The number of ether oxygens (including phenoxy) is 2. The summed E-state index contributed by atoms with van der Waals surface area (Å²) in [6.45, 7) is 6.97. The minimum atomic E-state index is -0.738. The zero-order valence-electron chi connectivity index (χ0n) is 15.4. The molecule has 0 spiro atoms. The molecule has 1 N–H and O–H groups in total. The fourth-order valence-electron chi connectivity index (χ4n) is 2.63. The van der Waals surface area contributed by atoms with Gasteiger partial charge in [-0.15, -0.1) is 21.5 Å². The van der Waals surface area contributed by atoms with Gasteiger partial charge >= 0.3 is 11.9 Å². The van der Waals surface area contributed by atoms with E-state index in [-0.39, 0.29) is 18.2 Å². The topological polar surface area (TPSA) is 107 Å². The van der Waals surface area contributed by atoms with Gasteiger partial charge in [-0.25, -0.2) is 9.59 Å². The summed E-state index contributed by atoms with van der Waals surface area (Å²) in [5.74, 6) is -0.521. The van der Waals surface area contributed by atoms with Gasteiger partial charge in [0.25, 0.3) is 11.8 Å². The number of thiophene rings is 1. The zero-order valence-corrected chi connectivity index (χ0v) is 16.2. The molecule has 0 aliphatic heterocycles. The van der Waals surface area contributed by atoms with E-state index < -0.39 is 18.0 Å². The summed E-state index contributed by atoms with van der Waals surface area (Å²) in [4.78, 5) is 28.3. The quantitative estimate of drug-likeness (QED) is 0.638. The molecule has 0 radical (unpaired) electrons. The van der Waals surface area contributed by atoms with Crippen LogP contribution < -0.4 is 0 Å². The van der Waals surface area contributed by atoms with Crippen molar-refractivity contribution in [1.29, 1.82) is 0 Å². The minimum Gasteiger partial charge on any atom is -0.461 e. The van der Waals surface area contributed by atoms with Crippen molar-refractivity contribution in [3.8, 4) is 10.8 Å². The summed E-state index contributed by atoms with van der Waals surface area (Å²) in [7, 11) is 0. The van der Waals surface area contributed by atoms with Gasteiger partial charge in [-0.3, -0.25) is 0 Å². The molecule has 3 rings (SSSR count). The minimum absolute atomic E-state index is 0.197. The highest BCUT2D eigenvalue weighted by molar-refractivity contribution is 7.13. The average molecular weight is 389 g/mol. The fraction of sp³-hybridized carbons (Fsp3) is 0.333. The van der Waals surface area contributed by atoms with E-state index in [0.717, 1.165) is 4.88 Å². The summed E-state index contributed by atoms with van der Waals surface area (Å²) in [6.07, 6.45) is -0.738. The van der Waals surface area contributed by atoms with Crippen LogP contribution in [0.25, 0.3) is 10.8 Å². The Bertz CT molecular complexity index is 958. The number of rotatable bonds is 6. The molecule has 0 saturated heterocycles. The van der Waals surface area contributed by atoms with Crippen LogP contribution in [-0.2, 0) is 9.47 Å². The van der Waals surface area contributed by atoms with E-state index in [2.05, 4.69) is 15.2 Å². The van der Waals surface area contributed by atoms with Gasteiger partial charge in [0.1, 0.15) is 5.69 Å². The molecule has 0 aliphatic carbocycles. The Balaban J connectivity index is 1.76. The molecule has 8 nitrogen and oxygen atoms in total. The molecular formula is C18H19N3O5S. The van der Waals surface area contributed by atoms with Crippen LogP contribution in [0, 0.1) is 13.8 Å². The molecule has 0 aromatic carbocycles. The number of nitrogens with one attached hydrogen (secondary N) is 1. The predicted octanol–water partition coefficient (Wildman–Crippen LogP) is 3.84. The molecule has 0 fully saturated rings. The number of esters is 2. The normalized spacial score (nSPS) is 12.0. The first-order valence-electron chi connectivity index (χ1n) is 8.36. The first kappa shape index (κ1) is 18.8. The third-order valence-corrected chi connectivity index (χ3v) is 4.78. The largest absolute Gasteiger partial charge is 0.461 e. The van der Waals surface area contributed by atoms with Crippen LogP contribution in [0.4, 0.5) is 0 Å². The van der Waals surface area contributed by atoms with E-state index in [1.54, 1.807) is 27.7 Å². The molecule has 3 aromatic heterocycles. The Morgan fingerprint density at radius 2 is 2.07 bits per heavy atom. The number of aryl methyl sites for hydroxylation is 1. The van der Waals surface area contributed by atoms with Crippen LogP contribution in [0.1, 0.15) is 57.9 Å². The maximum atomic E-state index is 12.6. The number of carbonyl (C=O) groups excluding carboxylic acids is 2. The summed E-state index contributed by atoms with van der Waals surface area (Å²) in [6, 6.07) is 3.74. The zero-order chi connectivity index (χ0) is 19.6. The van der Waals surface area contributed by atoms with Crippen molar-refractivity contribution in [2.45, 2.75) is 33.8 Å². The molecular weight excluding hydrogens is 370 g/mol. The summed E-state index contributed by atoms with van der Waals surface area (Å²) in [5.41, 5.74) is 1.54. The van der Waals surface area contributed by atoms with Gasteiger partial charge in [0.05, 0.1) is 17.0 Å². The second kappa shape index (κ2) is 7.75. The number of aromatic amines is 1. The Hall–Kier alpha value is -2.94. The van der Waals surface area contributed by atoms with Gasteiger partial charge in [-0.05, 0) is 44.7 Å². The molecule has 3 heterocycles. The molecule has 142 valence electrons. The van der Waals surface area contributed by atoms with Crippen LogP contribution >= 0.6 is 11.3 Å². The molecule has 0 aliphatic rings. The van der Waals surface area contributed by atoms with Crippen molar-refractivity contribution in [3.05, 3.63) is 45.9 Å². The van der Waals surface area contributed by atoms with Crippen LogP contribution in [-0.4, -0.2) is 33.7 Å². The highest BCUT2D eigenvalue weighted by Gasteiger charge is 2.26. The lowest BCUT2D eigenvalue weighted by Gasteiger charge is -2.10. The van der Waals surface area contributed by atoms with Gasteiger partial charge < -0.3 is 18.9 Å². The molecule has 9 heteroatoms. The molecule has 27 heavy (non-hydrogen) atoms. The Morgan fingerprint density at radius 1 is 1.30 bits per heavy atom. The molecule has 0 unspecified atom stereocenters. The van der Waals surface area contributed by atoms with E-state index in [0.29, 0.717) is 22.7 Å². The van der Waals surface area contributed by atoms with Crippen LogP contribution in [0.15, 0.2) is 21.9 Å². The van der Waals surface area contributed by atoms with Gasteiger partial charge in [0.2, 0.25) is 0 Å². The lowest BCUT2D eigenvalue weighted by Crippen LogP contribution is -2.12. The monoisotopic (exact) mass is 389 g/mol. The second-order valence-corrected chi connectivity index (χ2v) is 6.76. The van der Waals surface area contributed by atoms with E-state index in [4.69, 9.17) is 13.9 Å². The molecule has 0 bridgehead atoms. The smallest absolute Gasteiger partial charge is 0.355 e. The standard InChI is InChI=1S/C18H19N3O5S/c1-5-24-18(23)14-9(2)13(10(3)19-14)17(22)25-11(4)15-20-21-16(26-15)12-7-6-8-27-12/h6-8,11,19H,5H2,1-4H3/t11-/m0/s1. The average Bonchev–Trinajstić information content (AvgIpc) is 3.34. The fourth-order valence-corrected chi connectivity index (χ4v) is 3.28. The summed E-state index contributed by atoms with van der Waals surface area (Å²) in [5, 5.41) is 9.83. The summed E-state index contributed by atoms with van der Waals surface area (Å²) >= 11 is 1.47. The SMILES string of the molecule is CCOC(=O)c1[nH]c(C)c(C(=O)O[C@@H](C)c2nnc(-c3cccs3)o2)c1C. The van der Waals surface area contributed by atoms with Crippen LogP contribution in [0.2, 0.25) is 0 Å². The van der Waals surface area contributed by atoms with Crippen molar-refractivity contribution in [2.24, 2.45) is 0 Å². The third-order valence-electron chi connectivity index (χ3n) is 3.93. The Morgan fingerprint density at radius 3 is 2.74 bits per heavy atom. The number of H-pyrrole nitrogens is 1. The number of hydrogen-bond acceptors (Lipinski definition) is 8. The van der Waals surface area contributed by atoms with Gasteiger partial charge in [-0.2, -0.15) is 0 Å². The lowest BCUT2D eigenvalue weighted by atomic mass is 10.1. The van der Waals surface area contributed by atoms with Gasteiger partial charge in [-0.1, -0.05) is 6.07 Å². The van der Waals surface area contributed by atoms with Crippen LogP contribution in [0.3, 0.4) is 0 Å². The van der Waals surface area contributed by atoms with E-state index >= 15 is 0 Å². The second-order valence-electron chi connectivity index (χ2n) is 5.82. The van der Waals surface area contributed by atoms with Crippen molar-refractivity contribution >= 4 is 23.3 Å². The number of hydrogen-bond donors (Lipinski definition) is 1. The van der Waals surface area contributed by atoms with Crippen molar-refractivity contribution < 1.29 is 23.5 Å². The van der Waals surface area contributed by atoms with Crippen LogP contribution in [0.5, 0.6) is 0 Å². The van der Waals surface area contributed by atoms with Crippen molar-refractivity contribution in [3.63, 3.8) is 0 Å². The maximum absolute atomic E-state index is 12.6. The van der Waals surface area contributed by atoms with E-state index in [9.17, 15) is 9.59 Å². The number of nitrogens with zero attached hydrogens (tertiary/aromatic N) is 2. The van der Waals surface area contributed by atoms with Crippen molar-refractivity contribution in [2.75, 3.05) is 6.61 Å². The third kappa shape index (κ3) is 3.77. The number of aromatic nitrogens is 3. The van der Waals surface area contributed by atoms with E-state index in [1.165, 1.54) is 11.3 Å². The molecule has 3 aromatic rings. The maximum Gasteiger partial charge on any atom is 0.355 e. The number of carbonyl (C=O) groups is 2. The summed E-state index contributed by atoms with van der Waals surface area (Å²) < 4.78 is 16.0. The highest BCUT2D eigenvalue weighted by Crippen LogP contribution is 2.27. The highest BCUT2D eigenvalue weighted by atomic mass is 32.1. The molecule has 1 atom stereocenters. The van der Waals surface area contributed by atoms with Crippen molar-refractivity contribution in [1.82, 2.24) is 15.2 Å². The molecule has 0 amide bonds. The first-order chi connectivity index (χ1) is 12.9. The lowest BCUT2D eigenvalue weighted by molar-refractivity contribution is 0.0278. The molecule has 0 saturated carbocycles. The van der Waals surface area contributed by atoms with E-state index in [1.807, 2.05) is 17.5 Å². The Kier molecular flexibility index (Phi) is 5.41.